The molecular formula is C28H30Cl2N4O7S. The average Bonchev–Trinajstić information content (AvgIpc) is 2.99. The first kappa shape index (κ1) is 32.7. The number of ether oxygens (including phenoxy) is 1. The number of nitrogens with two attached hydrogens (primary N) is 1. The van der Waals surface area contributed by atoms with E-state index in [1.165, 1.54) is 49.6 Å². The van der Waals surface area contributed by atoms with E-state index < -0.39 is 33.8 Å². The molecule has 0 saturated carbocycles. The van der Waals surface area contributed by atoms with Gasteiger partial charge in [-0.25, -0.2) is 0 Å². The lowest BCUT2D eigenvalue weighted by molar-refractivity contribution is -0.142. The lowest BCUT2D eigenvalue weighted by Crippen LogP contribution is -2.37. The van der Waals surface area contributed by atoms with Crippen molar-refractivity contribution in [2.75, 3.05) is 24.7 Å². The van der Waals surface area contributed by atoms with Crippen LogP contribution in [0.5, 0.6) is 5.75 Å². The molecule has 0 heterocycles. The predicted octanol–water partition coefficient (Wildman–Crippen LogP) is 3.70. The van der Waals surface area contributed by atoms with Gasteiger partial charge in [0, 0.05) is 17.1 Å². The van der Waals surface area contributed by atoms with Crippen LogP contribution >= 0.6 is 23.2 Å². The van der Waals surface area contributed by atoms with Crippen LogP contribution in [0.1, 0.15) is 29.6 Å². The van der Waals surface area contributed by atoms with E-state index in [-0.39, 0.29) is 33.5 Å². The van der Waals surface area contributed by atoms with Gasteiger partial charge in [0.2, 0.25) is 5.91 Å². The number of nitrogens with one attached hydrogen (secondary N) is 2. The summed E-state index contributed by atoms with van der Waals surface area (Å²) < 4.78 is 32.5. The molecule has 11 nitrogen and oxygen atoms in total. The van der Waals surface area contributed by atoms with E-state index in [1.807, 2.05) is 0 Å². The molecule has 3 aromatic carbocycles. The summed E-state index contributed by atoms with van der Waals surface area (Å²) in [5.41, 5.74) is 6.02. The van der Waals surface area contributed by atoms with Gasteiger partial charge in [0.15, 0.2) is 5.75 Å². The molecule has 1 unspecified atom stereocenters. The molecule has 0 aliphatic carbocycles. The highest BCUT2D eigenvalue weighted by atomic mass is 35.5. The number of sulfonamides is 1. The zero-order valence-electron chi connectivity index (χ0n) is 22.6. The Balaban J connectivity index is 1.60. The number of anilines is 1. The number of methoxy groups -OCH3 is 1. The number of para-hydroxylation sites is 1. The minimum Gasteiger partial charge on any atom is -0.468 e. The number of rotatable bonds is 14. The van der Waals surface area contributed by atoms with Crippen molar-refractivity contribution < 1.29 is 32.4 Å². The van der Waals surface area contributed by atoms with E-state index in [1.54, 1.807) is 30.3 Å². The van der Waals surface area contributed by atoms with Gasteiger partial charge in [0.25, 0.3) is 15.9 Å². The van der Waals surface area contributed by atoms with Gasteiger partial charge in [0.05, 0.1) is 29.3 Å². The summed E-state index contributed by atoms with van der Waals surface area (Å²) >= 11 is 12.2. The molecule has 0 radical (unpaired) electrons. The Morgan fingerprint density at radius 2 is 1.64 bits per heavy atom. The zero-order valence-corrected chi connectivity index (χ0v) is 24.9. The maximum Gasteiger partial charge on any atom is 0.322 e. The molecule has 42 heavy (non-hydrogen) atoms. The van der Waals surface area contributed by atoms with E-state index in [0.29, 0.717) is 30.8 Å². The van der Waals surface area contributed by atoms with Crippen molar-refractivity contribution in [2.45, 2.75) is 30.2 Å². The molecule has 0 fully saturated rings. The van der Waals surface area contributed by atoms with Crippen molar-refractivity contribution in [2.24, 2.45) is 5.73 Å². The number of hydrogen-bond acceptors (Lipinski definition) is 8. The third-order valence-electron chi connectivity index (χ3n) is 5.85. The van der Waals surface area contributed by atoms with Gasteiger partial charge in [-0.15, -0.1) is 0 Å². The standard InChI is InChI=1S/C28H30Cl2N4O7S/c1-40-28(37)24(31)9-5-6-16-32-26(35)18-33-27(36)19-10-13-22(14-11-19)42(38,39)34(21-7-3-2-4-8-21)41-25-15-12-20(29)17-23(25)30/h2-4,7-8,10-15,17,24H,5-6,9,16,18,31H2,1H3,(H,32,35)(H,33,36). The van der Waals surface area contributed by atoms with Gasteiger partial charge >= 0.3 is 5.97 Å². The number of unbranched alkanes of at least 4 members (excludes halogenated alkanes) is 1. The van der Waals surface area contributed by atoms with Crippen LogP contribution < -0.4 is 25.7 Å². The molecule has 0 aliphatic heterocycles. The summed E-state index contributed by atoms with van der Waals surface area (Å²) in [6.07, 6.45) is 1.63. The van der Waals surface area contributed by atoms with Crippen molar-refractivity contribution in [1.82, 2.24) is 10.6 Å². The van der Waals surface area contributed by atoms with Crippen LogP contribution in [0.3, 0.4) is 0 Å². The lowest BCUT2D eigenvalue weighted by atomic mass is 10.1. The summed E-state index contributed by atoms with van der Waals surface area (Å²) in [6, 6.07) is 16.9. The first-order valence-corrected chi connectivity index (χ1v) is 14.9. The summed E-state index contributed by atoms with van der Waals surface area (Å²) in [5, 5.41) is 5.61. The van der Waals surface area contributed by atoms with E-state index in [2.05, 4.69) is 15.4 Å². The predicted molar refractivity (Wildman–Crippen MR) is 159 cm³/mol. The largest absolute Gasteiger partial charge is 0.468 e. The van der Waals surface area contributed by atoms with Gasteiger partial charge in [0.1, 0.15) is 6.04 Å². The highest BCUT2D eigenvalue weighted by Crippen LogP contribution is 2.32. The van der Waals surface area contributed by atoms with Crippen LogP contribution in [0.2, 0.25) is 10.0 Å². The second-order valence-corrected chi connectivity index (χ2v) is 11.5. The van der Waals surface area contributed by atoms with Crippen molar-refractivity contribution >= 4 is 56.7 Å². The smallest absolute Gasteiger partial charge is 0.322 e. The number of carbonyl (C=O) groups is 3. The first-order valence-electron chi connectivity index (χ1n) is 12.7. The Morgan fingerprint density at radius 3 is 2.29 bits per heavy atom. The van der Waals surface area contributed by atoms with Crippen LogP contribution in [0.25, 0.3) is 0 Å². The van der Waals surface area contributed by atoms with E-state index >= 15 is 0 Å². The van der Waals surface area contributed by atoms with E-state index in [9.17, 15) is 22.8 Å². The monoisotopic (exact) mass is 636 g/mol. The van der Waals surface area contributed by atoms with E-state index in [0.717, 1.165) is 4.47 Å². The van der Waals surface area contributed by atoms with Crippen molar-refractivity contribution in [1.29, 1.82) is 0 Å². The fourth-order valence-electron chi connectivity index (χ4n) is 3.61. The number of carbonyl (C=O) groups excluding carboxylic acids is 3. The van der Waals surface area contributed by atoms with Crippen LogP contribution in [0.4, 0.5) is 5.69 Å². The molecule has 14 heteroatoms. The van der Waals surface area contributed by atoms with Crippen molar-refractivity contribution in [3.63, 3.8) is 0 Å². The Labute approximate surface area is 253 Å². The second kappa shape index (κ2) is 15.4. The molecule has 0 aliphatic rings. The molecule has 1 atom stereocenters. The minimum absolute atomic E-state index is 0.0625. The van der Waals surface area contributed by atoms with Crippen LogP contribution in [0.15, 0.2) is 77.7 Å². The molecular weight excluding hydrogens is 607 g/mol. The summed E-state index contributed by atoms with van der Waals surface area (Å²) in [4.78, 5) is 41.5. The fraction of sp³-hybridized carbons (Fsp3) is 0.250. The van der Waals surface area contributed by atoms with Gasteiger partial charge < -0.3 is 25.9 Å². The van der Waals surface area contributed by atoms with Crippen LogP contribution in [-0.2, 0) is 24.3 Å². The summed E-state index contributed by atoms with van der Waals surface area (Å²) in [6.45, 7) is 0.0639. The molecule has 4 N–H and O–H groups in total. The molecule has 0 saturated heterocycles. The zero-order chi connectivity index (χ0) is 30.7. The average molecular weight is 638 g/mol. The number of amides is 2. The second-order valence-electron chi connectivity index (χ2n) is 8.92. The van der Waals surface area contributed by atoms with Crippen molar-refractivity contribution in [3.05, 3.63) is 88.4 Å². The van der Waals surface area contributed by atoms with E-state index in [4.69, 9.17) is 33.8 Å². The molecule has 0 aromatic heterocycles. The maximum atomic E-state index is 13.6. The fourth-order valence-corrected chi connectivity index (χ4v) is 5.31. The van der Waals surface area contributed by atoms with Crippen LogP contribution in [-0.4, -0.2) is 52.4 Å². The third kappa shape index (κ3) is 9.08. The highest BCUT2D eigenvalue weighted by molar-refractivity contribution is 7.92. The Kier molecular flexibility index (Phi) is 12.0. The Bertz CT molecular complexity index is 1490. The van der Waals surface area contributed by atoms with Gasteiger partial charge in [-0.1, -0.05) is 45.9 Å². The van der Waals surface area contributed by atoms with Crippen molar-refractivity contribution in [3.8, 4) is 5.75 Å². The normalized spacial score (nSPS) is 11.7. The number of hydrogen-bond donors (Lipinski definition) is 3. The molecule has 2 amide bonds. The quantitative estimate of drug-likeness (QED) is 0.137. The topological polar surface area (TPSA) is 157 Å². The SMILES string of the molecule is COC(=O)C(N)CCCCNC(=O)CNC(=O)c1ccc(S(=O)(=O)N(Oc2ccc(Cl)cc2Cl)c2ccccc2)cc1. The number of esters is 1. The molecule has 3 aromatic rings. The molecule has 224 valence electrons. The Hall–Kier alpha value is -3.84. The summed E-state index contributed by atoms with van der Waals surface area (Å²) in [5.74, 6) is -1.40. The number of nitrogens with zero attached hydrogens (tertiary/aromatic N) is 1. The third-order valence-corrected chi connectivity index (χ3v) is 7.97. The summed E-state index contributed by atoms with van der Waals surface area (Å²) in [7, 11) is -3.02. The van der Waals surface area contributed by atoms with Crippen LogP contribution in [0, 0.1) is 0 Å². The molecule has 3 rings (SSSR count). The minimum atomic E-state index is -4.28. The van der Waals surface area contributed by atoms with Gasteiger partial charge in [-0.05, 0) is 73.9 Å². The molecule has 0 spiro atoms. The lowest BCUT2D eigenvalue weighted by Gasteiger charge is -2.24. The first-order chi connectivity index (χ1) is 20.0. The van der Waals surface area contributed by atoms with Gasteiger partial charge in [-0.3, -0.25) is 14.4 Å². The van der Waals surface area contributed by atoms with Gasteiger partial charge in [-0.2, -0.15) is 8.42 Å². The molecule has 0 bridgehead atoms. The highest BCUT2D eigenvalue weighted by Gasteiger charge is 2.28. The number of halogens is 2. The number of benzene rings is 3. The Morgan fingerprint density at radius 1 is 0.952 bits per heavy atom. The maximum absolute atomic E-state index is 13.6.